The van der Waals surface area contributed by atoms with Crippen molar-refractivity contribution < 1.29 is 14.4 Å². The van der Waals surface area contributed by atoms with Crippen LogP contribution in [0.1, 0.15) is 11.1 Å². The number of hydroxylamine groups is 1. The number of para-hydroxylation sites is 1. The summed E-state index contributed by atoms with van der Waals surface area (Å²) in [5, 5.41) is 0. The summed E-state index contributed by atoms with van der Waals surface area (Å²) in [4.78, 5) is 17.0. The normalized spacial score (nSPS) is 10.1. The number of benzene rings is 2. The van der Waals surface area contributed by atoms with E-state index >= 15 is 0 Å². The van der Waals surface area contributed by atoms with E-state index in [0.29, 0.717) is 12.4 Å². The number of nitrogens with one attached hydrogen (secondary N) is 1. The molecule has 0 aliphatic heterocycles. The SMILES string of the molecule is COc1ccccc1CC(=O)NOCc1ccccc1. The van der Waals surface area contributed by atoms with Crippen LogP contribution in [0.15, 0.2) is 54.6 Å². The minimum absolute atomic E-state index is 0.203. The second kappa shape index (κ2) is 7.31. The molecule has 0 spiro atoms. The Morgan fingerprint density at radius 3 is 2.50 bits per heavy atom. The molecule has 104 valence electrons. The standard InChI is InChI=1S/C16H17NO3/c1-19-15-10-6-5-9-14(15)11-16(18)17-20-12-13-7-3-2-4-8-13/h2-10H,11-12H2,1H3,(H,17,18). The van der Waals surface area contributed by atoms with Gasteiger partial charge in [0.15, 0.2) is 0 Å². The fourth-order valence-electron chi connectivity index (χ4n) is 1.83. The van der Waals surface area contributed by atoms with Gasteiger partial charge in [0.2, 0.25) is 5.91 Å². The first-order valence-corrected chi connectivity index (χ1v) is 6.36. The number of rotatable bonds is 6. The largest absolute Gasteiger partial charge is 0.496 e. The Morgan fingerprint density at radius 1 is 1.05 bits per heavy atom. The molecule has 1 N–H and O–H groups in total. The average molecular weight is 271 g/mol. The highest BCUT2D eigenvalue weighted by Gasteiger charge is 2.07. The van der Waals surface area contributed by atoms with Crippen molar-refractivity contribution >= 4 is 5.91 Å². The van der Waals surface area contributed by atoms with Gasteiger partial charge in [-0.2, -0.15) is 0 Å². The summed E-state index contributed by atoms with van der Waals surface area (Å²) >= 11 is 0. The van der Waals surface area contributed by atoms with Crippen molar-refractivity contribution in [3.8, 4) is 5.75 Å². The van der Waals surface area contributed by atoms with Gasteiger partial charge in [-0.05, 0) is 11.6 Å². The van der Waals surface area contributed by atoms with Crippen molar-refractivity contribution in [1.29, 1.82) is 0 Å². The zero-order chi connectivity index (χ0) is 14.2. The second-order valence-corrected chi connectivity index (χ2v) is 4.29. The Morgan fingerprint density at radius 2 is 1.75 bits per heavy atom. The van der Waals surface area contributed by atoms with Crippen LogP contribution in [0.2, 0.25) is 0 Å². The highest BCUT2D eigenvalue weighted by atomic mass is 16.6. The van der Waals surface area contributed by atoms with Crippen LogP contribution in [0.5, 0.6) is 5.75 Å². The summed E-state index contributed by atoms with van der Waals surface area (Å²) in [6, 6.07) is 17.1. The Bertz CT molecular complexity index is 555. The Kier molecular flexibility index (Phi) is 5.15. The second-order valence-electron chi connectivity index (χ2n) is 4.29. The summed E-state index contributed by atoms with van der Waals surface area (Å²) in [7, 11) is 1.59. The molecule has 2 aromatic carbocycles. The van der Waals surface area contributed by atoms with E-state index in [1.807, 2.05) is 54.6 Å². The van der Waals surface area contributed by atoms with Crippen LogP contribution in [-0.4, -0.2) is 13.0 Å². The van der Waals surface area contributed by atoms with Crippen LogP contribution < -0.4 is 10.2 Å². The van der Waals surface area contributed by atoms with E-state index < -0.39 is 0 Å². The van der Waals surface area contributed by atoms with Crippen molar-refractivity contribution in [2.24, 2.45) is 0 Å². The predicted octanol–water partition coefficient (Wildman–Crippen LogP) is 2.49. The van der Waals surface area contributed by atoms with E-state index in [-0.39, 0.29) is 12.3 Å². The molecule has 20 heavy (non-hydrogen) atoms. The first kappa shape index (κ1) is 14.1. The third kappa shape index (κ3) is 4.10. The first-order valence-electron chi connectivity index (χ1n) is 6.36. The number of methoxy groups -OCH3 is 1. The fraction of sp³-hybridized carbons (Fsp3) is 0.188. The molecule has 2 aromatic rings. The van der Waals surface area contributed by atoms with Gasteiger partial charge in [0.1, 0.15) is 5.75 Å². The van der Waals surface area contributed by atoms with Crippen molar-refractivity contribution in [3.63, 3.8) is 0 Å². The Balaban J connectivity index is 1.81. The molecule has 0 radical (unpaired) electrons. The number of hydrogen-bond acceptors (Lipinski definition) is 3. The van der Waals surface area contributed by atoms with E-state index in [1.54, 1.807) is 7.11 Å². The number of carbonyl (C=O) groups excluding carboxylic acids is 1. The lowest BCUT2D eigenvalue weighted by atomic mass is 10.1. The Labute approximate surface area is 118 Å². The quantitative estimate of drug-likeness (QED) is 0.821. The molecule has 1 amide bonds. The molecule has 0 atom stereocenters. The van der Waals surface area contributed by atoms with Gasteiger partial charge in [0, 0.05) is 5.56 Å². The van der Waals surface area contributed by atoms with Crippen LogP contribution in [0.25, 0.3) is 0 Å². The van der Waals surface area contributed by atoms with Gasteiger partial charge < -0.3 is 4.74 Å². The van der Waals surface area contributed by atoms with Gasteiger partial charge in [-0.25, -0.2) is 5.48 Å². The lowest BCUT2D eigenvalue weighted by Gasteiger charge is -2.09. The van der Waals surface area contributed by atoms with Gasteiger partial charge in [0.25, 0.3) is 0 Å². The van der Waals surface area contributed by atoms with Crippen molar-refractivity contribution in [3.05, 3.63) is 65.7 Å². The highest BCUT2D eigenvalue weighted by molar-refractivity contribution is 5.78. The molecule has 0 unspecified atom stereocenters. The topological polar surface area (TPSA) is 47.6 Å². The molecule has 4 nitrogen and oxygen atoms in total. The first-order chi connectivity index (χ1) is 9.79. The van der Waals surface area contributed by atoms with Crippen molar-refractivity contribution in [1.82, 2.24) is 5.48 Å². The van der Waals surface area contributed by atoms with E-state index in [4.69, 9.17) is 9.57 Å². The smallest absolute Gasteiger partial charge is 0.248 e. The molecule has 2 rings (SSSR count). The minimum atomic E-state index is -0.203. The maximum absolute atomic E-state index is 11.8. The summed E-state index contributed by atoms with van der Waals surface area (Å²) in [5.74, 6) is 0.496. The summed E-state index contributed by atoms with van der Waals surface area (Å²) < 4.78 is 5.20. The number of hydrogen-bond donors (Lipinski definition) is 1. The van der Waals surface area contributed by atoms with Gasteiger partial charge in [-0.1, -0.05) is 48.5 Å². The molecule has 4 heteroatoms. The molecule has 0 heterocycles. The van der Waals surface area contributed by atoms with Crippen molar-refractivity contribution in [2.75, 3.05) is 7.11 Å². The van der Waals surface area contributed by atoms with E-state index in [0.717, 1.165) is 11.1 Å². The fourth-order valence-corrected chi connectivity index (χ4v) is 1.83. The lowest BCUT2D eigenvalue weighted by Crippen LogP contribution is -2.25. The zero-order valence-electron chi connectivity index (χ0n) is 11.3. The van der Waals surface area contributed by atoms with Gasteiger partial charge >= 0.3 is 0 Å². The molecule has 0 aromatic heterocycles. The molecule has 0 saturated carbocycles. The van der Waals surface area contributed by atoms with Crippen LogP contribution in [-0.2, 0) is 22.7 Å². The van der Waals surface area contributed by atoms with E-state index in [9.17, 15) is 4.79 Å². The molecular formula is C16H17NO3. The van der Waals surface area contributed by atoms with Crippen LogP contribution in [0.4, 0.5) is 0 Å². The minimum Gasteiger partial charge on any atom is -0.496 e. The number of carbonyl (C=O) groups is 1. The van der Waals surface area contributed by atoms with Crippen LogP contribution >= 0.6 is 0 Å². The predicted molar refractivity (Wildman–Crippen MR) is 76.1 cm³/mol. The lowest BCUT2D eigenvalue weighted by molar-refractivity contribution is -0.133. The third-order valence-corrected chi connectivity index (χ3v) is 2.81. The van der Waals surface area contributed by atoms with Crippen LogP contribution in [0, 0.1) is 0 Å². The third-order valence-electron chi connectivity index (χ3n) is 2.81. The molecule has 0 aliphatic carbocycles. The summed E-state index contributed by atoms with van der Waals surface area (Å²) in [6.07, 6.45) is 0.221. The van der Waals surface area contributed by atoms with Gasteiger partial charge in [0.05, 0.1) is 20.1 Å². The average Bonchev–Trinajstić information content (AvgIpc) is 2.49. The molecular weight excluding hydrogens is 254 g/mol. The highest BCUT2D eigenvalue weighted by Crippen LogP contribution is 2.17. The Hall–Kier alpha value is -2.33. The monoisotopic (exact) mass is 271 g/mol. The van der Waals surface area contributed by atoms with E-state index in [1.165, 1.54) is 0 Å². The maximum Gasteiger partial charge on any atom is 0.248 e. The van der Waals surface area contributed by atoms with E-state index in [2.05, 4.69) is 5.48 Å². The maximum atomic E-state index is 11.8. The number of ether oxygens (including phenoxy) is 1. The summed E-state index contributed by atoms with van der Waals surface area (Å²) in [6.45, 7) is 0.346. The zero-order valence-corrected chi connectivity index (χ0v) is 11.3. The summed E-state index contributed by atoms with van der Waals surface area (Å²) in [5.41, 5.74) is 4.27. The molecule has 0 saturated heterocycles. The molecule has 0 aliphatic rings. The number of amides is 1. The molecule has 0 fully saturated rings. The van der Waals surface area contributed by atoms with Gasteiger partial charge in [-0.3, -0.25) is 9.63 Å². The van der Waals surface area contributed by atoms with Gasteiger partial charge in [-0.15, -0.1) is 0 Å². The van der Waals surface area contributed by atoms with Crippen molar-refractivity contribution in [2.45, 2.75) is 13.0 Å². The van der Waals surface area contributed by atoms with Crippen LogP contribution in [0.3, 0.4) is 0 Å². The molecule has 0 bridgehead atoms.